The summed E-state index contributed by atoms with van der Waals surface area (Å²) < 4.78 is 26.5. The first-order valence-corrected chi connectivity index (χ1v) is 7.60. The molecule has 1 aliphatic heterocycles. The van der Waals surface area contributed by atoms with Crippen molar-refractivity contribution in [3.05, 3.63) is 76.2 Å². The summed E-state index contributed by atoms with van der Waals surface area (Å²) >= 11 is 0.766. The third-order valence-electron chi connectivity index (χ3n) is 3.32. The Kier molecular flexibility index (Phi) is 4.25. The van der Waals surface area contributed by atoms with Gasteiger partial charge < -0.3 is 0 Å². The SMILES string of the molecule is O=C1S/C(=C\c2ccccc2F)C(=O)N1Cc1ccc(F)cc1. The molecule has 2 aromatic rings. The average molecular weight is 331 g/mol. The van der Waals surface area contributed by atoms with Gasteiger partial charge in [-0.05, 0) is 41.6 Å². The number of hydrogen-bond donors (Lipinski definition) is 0. The standard InChI is InChI=1S/C17H11F2NO2S/c18-13-7-5-11(6-8-13)10-20-16(21)15(23-17(20)22)9-12-3-1-2-4-14(12)19/h1-9H,10H2/b15-9-. The number of rotatable bonds is 3. The minimum Gasteiger partial charge on any atom is -0.268 e. The van der Waals surface area contributed by atoms with Crippen molar-refractivity contribution in [2.75, 3.05) is 0 Å². The second-order valence-corrected chi connectivity index (χ2v) is 5.91. The quantitative estimate of drug-likeness (QED) is 0.791. The Bertz CT molecular complexity index is 802. The molecule has 1 fully saturated rings. The second-order valence-electron chi connectivity index (χ2n) is 4.92. The van der Waals surface area contributed by atoms with Crippen molar-refractivity contribution in [1.82, 2.24) is 4.90 Å². The predicted molar refractivity (Wildman–Crippen MR) is 84.3 cm³/mol. The van der Waals surface area contributed by atoms with Crippen LogP contribution in [0.25, 0.3) is 6.08 Å². The van der Waals surface area contributed by atoms with Gasteiger partial charge in [-0.25, -0.2) is 8.78 Å². The van der Waals surface area contributed by atoms with Crippen LogP contribution in [0, 0.1) is 11.6 Å². The number of amides is 2. The van der Waals surface area contributed by atoms with Gasteiger partial charge in [0.25, 0.3) is 11.1 Å². The summed E-state index contributed by atoms with van der Waals surface area (Å²) in [5.74, 6) is -1.33. The zero-order chi connectivity index (χ0) is 16.4. The fourth-order valence-corrected chi connectivity index (χ4v) is 2.97. The van der Waals surface area contributed by atoms with Crippen LogP contribution in [0.2, 0.25) is 0 Å². The van der Waals surface area contributed by atoms with Gasteiger partial charge in [-0.3, -0.25) is 14.5 Å². The minimum absolute atomic E-state index is 0.0551. The van der Waals surface area contributed by atoms with Crippen molar-refractivity contribution in [2.24, 2.45) is 0 Å². The van der Waals surface area contributed by atoms with Crippen molar-refractivity contribution >= 4 is 29.0 Å². The normalized spacial score (nSPS) is 16.4. The molecule has 0 spiro atoms. The van der Waals surface area contributed by atoms with Crippen LogP contribution in [-0.4, -0.2) is 16.0 Å². The molecule has 0 saturated carbocycles. The van der Waals surface area contributed by atoms with E-state index in [1.54, 1.807) is 12.1 Å². The van der Waals surface area contributed by atoms with E-state index in [4.69, 9.17) is 0 Å². The van der Waals surface area contributed by atoms with Crippen LogP contribution in [0.3, 0.4) is 0 Å². The maximum atomic E-state index is 13.6. The Morgan fingerprint density at radius 1 is 1.00 bits per heavy atom. The molecule has 0 aliphatic carbocycles. The zero-order valence-corrected chi connectivity index (χ0v) is 12.6. The molecule has 116 valence electrons. The molecule has 0 aromatic heterocycles. The summed E-state index contributed by atoms with van der Waals surface area (Å²) in [6.07, 6.45) is 1.37. The Hall–Kier alpha value is -2.47. The van der Waals surface area contributed by atoms with Crippen molar-refractivity contribution in [3.63, 3.8) is 0 Å². The summed E-state index contributed by atoms with van der Waals surface area (Å²) in [6, 6.07) is 11.6. The maximum Gasteiger partial charge on any atom is 0.293 e. The van der Waals surface area contributed by atoms with Gasteiger partial charge in [-0.1, -0.05) is 30.3 Å². The number of halogens is 2. The lowest BCUT2D eigenvalue weighted by atomic mass is 10.2. The van der Waals surface area contributed by atoms with E-state index in [1.807, 2.05) is 0 Å². The first-order valence-electron chi connectivity index (χ1n) is 6.79. The van der Waals surface area contributed by atoms with Gasteiger partial charge in [0, 0.05) is 5.56 Å². The van der Waals surface area contributed by atoms with E-state index in [2.05, 4.69) is 0 Å². The van der Waals surface area contributed by atoms with Crippen LogP contribution < -0.4 is 0 Å². The van der Waals surface area contributed by atoms with Gasteiger partial charge in [-0.2, -0.15) is 0 Å². The lowest BCUT2D eigenvalue weighted by Crippen LogP contribution is -2.27. The first kappa shape index (κ1) is 15.4. The summed E-state index contributed by atoms with van der Waals surface area (Å²) in [4.78, 5) is 25.6. The van der Waals surface area contributed by atoms with E-state index in [9.17, 15) is 18.4 Å². The van der Waals surface area contributed by atoms with Crippen LogP contribution in [0.4, 0.5) is 13.6 Å². The van der Waals surface area contributed by atoms with E-state index < -0.39 is 17.0 Å². The van der Waals surface area contributed by atoms with Gasteiger partial charge in [0.15, 0.2) is 0 Å². The number of carbonyl (C=O) groups is 2. The predicted octanol–water partition coefficient (Wildman–Crippen LogP) is 4.20. The van der Waals surface area contributed by atoms with Crippen LogP contribution in [0.5, 0.6) is 0 Å². The third kappa shape index (κ3) is 3.32. The number of nitrogens with zero attached hydrogens (tertiary/aromatic N) is 1. The smallest absolute Gasteiger partial charge is 0.268 e. The van der Waals surface area contributed by atoms with Gasteiger partial charge in [0.1, 0.15) is 11.6 Å². The number of benzene rings is 2. The van der Waals surface area contributed by atoms with Crippen molar-refractivity contribution in [3.8, 4) is 0 Å². The first-order chi connectivity index (χ1) is 11.0. The molecule has 0 unspecified atom stereocenters. The highest BCUT2D eigenvalue weighted by atomic mass is 32.2. The largest absolute Gasteiger partial charge is 0.293 e. The minimum atomic E-state index is -0.479. The summed E-state index contributed by atoms with van der Waals surface area (Å²) in [7, 11) is 0. The number of imide groups is 1. The highest BCUT2D eigenvalue weighted by Crippen LogP contribution is 2.33. The molecule has 0 radical (unpaired) electrons. The van der Waals surface area contributed by atoms with E-state index in [0.717, 1.165) is 16.7 Å². The van der Waals surface area contributed by atoms with E-state index in [0.29, 0.717) is 5.56 Å². The topological polar surface area (TPSA) is 37.4 Å². The second kappa shape index (κ2) is 6.34. The van der Waals surface area contributed by atoms with Crippen molar-refractivity contribution in [1.29, 1.82) is 0 Å². The molecule has 3 rings (SSSR count). The fourth-order valence-electron chi connectivity index (χ4n) is 2.14. The molecule has 23 heavy (non-hydrogen) atoms. The van der Waals surface area contributed by atoms with E-state index >= 15 is 0 Å². The van der Waals surface area contributed by atoms with Crippen LogP contribution in [0.1, 0.15) is 11.1 Å². The van der Waals surface area contributed by atoms with Gasteiger partial charge in [-0.15, -0.1) is 0 Å². The number of hydrogen-bond acceptors (Lipinski definition) is 3. The molecule has 1 saturated heterocycles. The number of carbonyl (C=O) groups excluding carboxylic acids is 2. The molecule has 0 N–H and O–H groups in total. The third-order valence-corrected chi connectivity index (χ3v) is 4.23. The maximum absolute atomic E-state index is 13.6. The van der Waals surface area contributed by atoms with Gasteiger partial charge in [0.05, 0.1) is 11.4 Å². The Morgan fingerprint density at radius 2 is 1.70 bits per heavy atom. The Labute approximate surface area is 135 Å². The van der Waals surface area contributed by atoms with Crippen LogP contribution in [-0.2, 0) is 11.3 Å². The molecule has 1 heterocycles. The zero-order valence-electron chi connectivity index (χ0n) is 11.8. The van der Waals surface area contributed by atoms with Gasteiger partial charge >= 0.3 is 0 Å². The lowest BCUT2D eigenvalue weighted by Gasteiger charge is -2.12. The molecule has 3 nitrogen and oxygen atoms in total. The highest BCUT2D eigenvalue weighted by molar-refractivity contribution is 8.18. The molecule has 6 heteroatoms. The molecule has 2 aromatic carbocycles. The molecule has 2 amide bonds. The molecule has 1 aliphatic rings. The summed E-state index contributed by atoms with van der Waals surface area (Å²) in [6.45, 7) is 0.0551. The molecule has 0 atom stereocenters. The average Bonchev–Trinajstić information content (AvgIpc) is 2.79. The lowest BCUT2D eigenvalue weighted by molar-refractivity contribution is -0.123. The molecular weight excluding hydrogens is 320 g/mol. The fraction of sp³-hybridized carbons (Fsp3) is 0.0588. The summed E-state index contributed by atoms with van der Waals surface area (Å²) in [5.41, 5.74) is 0.889. The van der Waals surface area contributed by atoms with Crippen LogP contribution >= 0.6 is 11.8 Å². The van der Waals surface area contributed by atoms with Crippen molar-refractivity contribution in [2.45, 2.75) is 6.54 Å². The molecule has 0 bridgehead atoms. The number of thioether (sulfide) groups is 1. The highest BCUT2D eigenvalue weighted by Gasteiger charge is 2.35. The summed E-state index contributed by atoms with van der Waals surface area (Å²) in [5, 5.41) is -0.429. The van der Waals surface area contributed by atoms with E-state index in [1.165, 1.54) is 42.5 Å². The van der Waals surface area contributed by atoms with Crippen LogP contribution in [0.15, 0.2) is 53.4 Å². The van der Waals surface area contributed by atoms with E-state index in [-0.39, 0.29) is 22.8 Å². The monoisotopic (exact) mass is 331 g/mol. The Morgan fingerprint density at radius 3 is 2.39 bits per heavy atom. The molecular formula is C17H11F2NO2S. The van der Waals surface area contributed by atoms with Crippen molar-refractivity contribution < 1.29 is 18.4 Å². The Balaban J connectivity index is 1.82. The van der Waals surface area contributed by atoms with Gasteiger partial charge in [0.2, 0.25) is 0 Å².